The number of ether oxygens (including phenoxy) is 1. The van der Waals surface area contributed by atoms with E-state index in [-0.39, 0.29) is 34.3 Å². The van der Waals surface area contributed by atoms with Crippen molar-refractivity contribution in [1.82, 2.24) is 29.9 Å². The van der Waals surface area contributed by atoms with Crippen molar-refractivity contribution in [3.05, 3.63) is 70.8 Å². The van der Waals surface area contributed by atoms with Crippen LogP contribution in [-0.4, -0.2) is 54.9 Å². The summed E-state index contributed by atoms with van der Waals surface area (Å²) in [4.78, 5) is 35.4. The highest BCUT2D eigenvalue weighted by atomic mass is 35.5. The number of hydrogen-bond acceptors (Lipinski definition) is 8. The van der Waals surface area contributed by atoms with Gasteiger partial charge in [0.15, 0.2) is 11.6 Å². The quantitative estimate of drug-likeness (QED) is 0.292. The standard InChI is InChI=1S/C28H24ClF3N8O3/c1-13-7-19(37-38-25(13)39-11-15-3-4-17(15)27(39)42)14(2)40-12-16(8-34-40)35-26(41)21-10-33-9-20(36-21)23-22(43-28(31)32)6-5-18(29)24(23)30/h5-10,12,14-15,17,28H,3-4,11H2,1-2H3,(H,35,41)/t14?,15-,17-/m1/s1. The second-order valence-corrected chi connectivity index (χ2v) is 10.8. The minimum Gasteiger partial charge on any atom is -0.434 e. The summed E-state index contributed by atoms with van der Waals surface area (Å²) in [5.74, 6) is -1.09. The molecule has 2 aliphatic rings. The van der Waals surface area contributed by atoms with Gasteiger partial charge in [-0.05, 0) is 56.4 Å². The van der Waals surface area contributed by atoms with Crippen LogP contribution in [0.1, 0.15) is 47.6 Å². The van der Waals surface area contributed by atoms with Crippen molar-refractivity contribution in [2.75, 3.05) is 16.8 Å². The highest BCUT2D eigenvalue weighted by Crippen LogP contribution is 2.43. The zero-order valence-electron chi connectivity index (χ0n) is 22.8. The van der Waals surface area contributed by atoms with Crippen LogP contribution in [0.25, 0.3) is 11.3 Å². The molecule has 4 aromatic rings. The molecule has 1 saturated carbocycles. The summed E-state index contributed by atoms with van der Waals surface area (Å²) in [6, 6.07) is 3.65. The van der Waals surface area contributed by atoms with Crippen LogP contribution in [0.2, 0.25) is 5.02 Å². The molecular weight excluding hydrogens is 589 g/mol. The Balaban J connectivity index is 1.17. The lowest BCUT2D eigenvalue weighted by atomic mass is 9.76. The molecule has 1 aromatic carbocycles. The molecule has 1 saturated heterocycles. The van der Waals surface area contributed by atoms with Gasteiger partial charge in [-0.25, -0.2) is 9.37 Å². The summed E-state index contributed by atoms with van der Waals surface area (Å²) in [6.45, 7) is 1.18. The molecule has 1 aliphatic carbocycles. The highest BCUT2D eigenvalue weighted by molar-refractivity contribution is 6.31. The molecule has 1 N–H and O–H groups in total. The van der Waals surface area contributed by atoms with E-state index in [9.17, 15) is 22.8 Å². The Bertz CT molecular complexity index is 1740. The fraction of sp³-hybridized carbons (Fsp3) is 0.321. The molecular formula is C28H24ClF3N8O3. The second-order valence-electron chi connectivity index (χ2n) is 10.4. The normalized spacial score (nSPS) is 18.4. The summed E-state index contributed by atoms with van der Waals surface area (Å²) in [6.07, 6.45) is 7.22. The van der Waals surface area contributed by atoms with E-state index in [0.717, 1.165) is 42.9 Å². The average Bonchev–Trinajstić information content (AvgIpc) is 3.51. The fourth-order valence-corrected chi connectivity index (χ4v) is 5.46. The van der Waals surface area contributed by atoms with E-state index in [1.54, 1.807) is 15.8 Å². The lowest BCUT2D eigenvalue weighted by molar-refractivity contribution is -0.123. The lowest BCUT2D eigenvalue weighted by Gasteiger charge is -2.25. The van der Waals surface area contributed by atoms with Crippen LogP contribution in [0, 0.1) is 24.6 Å². The largest absolute Gasteiger partial charge is 0.434 e. The van der Waals surface area contributed by atoms with E-state index in [2.05, 4.69) is 35.3 Å². The number of nitrogens with zero attached hydrogens (tertiary/aromatic N) is 7. The highest BCUT2D eigenvalue weighted by Gasteiger charge is 2.47. The summed E-state index contributed by atoms with van der Waals surface area (Å²) in [5, 5.41) is 15.3. The molecule has 3 aromatic heterocycles. The number of rotatable bonds is 8. The first-order valence-corrected chi connectivity index (χ1v) is 13.7. The molecule has 0 bridgehead atoms. The van der Waals surface area contributed by atoms with Gasteiger partial charge in [0.1, 0.15) is 11.4 Å². The number of anilines is 2. The molecule has 6 rings (SSSR count). The number of nitrogens with one attached hydrogen (secondary N) is 1. The van der Waals surface area contributed by atoms with Gasteiger partial charge in [0, 0.05) is 18.7 Å². The first-order valence-electron chi connectivity index (χ1n) is 13.4. The number of halogens is 4. The maximum atomic E-state index is 14.8. The second kappa shape index (κ2) is 11.2. The Morgan fingerprint density at radius 1 is 1.19 bits per heavy atom. The third-order valence-electron chi connectivity index (χ3n) is 7.73. The smallest absolute Gasteiger partial charge is 0.387 e. The predicted octanol–water partition coefficient (Wildman–Crippen LogP) is 5.07. The van der Waals surface area contributed by atoms with Crippen molar-refractivity contribution in [3.63, 3.8) is 0 Å². The SMILES string of the molecule is Cc1cc(C(C)n2cc(NC(=O)c3cncc(-c4c(OC(F)F)ccc(Cl)c4F)n3)cn2)nnc1N1C[C@H]2CC[C@H]2C1=O. The third-order valence-corrected chi connectivity index (χ3v) is 8.02. The molecule has 15 heteroatoms. The Labute approximate surface area is 248 Å². The first-order chi connectivity index (χ1) is 20.6. The number of alkyl halides is 2. The Morgan fingerprint density at radius 2 is 2.00 bits per heavy atom. The van der Waals surface area contributed by atoms with Crippen LogP contribution in [-0.2, 0) is 4.79 Å². The van der Waals surface area contributed by atoms with Crippen molar-refractivity contribution in [2.24, 2.45) is 11.8 Å². The van der Waals surface area contributed by atoms with Gasteiger partial charge in [-0.2, -0.15) is 19.0 Å². The summed E-state index contributed by atoms with van der Waals surface area (Å²) < 4.78 is 46.6. The van der Waals surface area contributed by atoms with Crippen LogP contribution in [0.3, 0.4) is 0 Å². The monoisotopic (exact) mass is 612 g/mol. The first kappa shape index (κ1) is 28.5. The molecule has 2 fully saturated rings. The van der Waals surface area contributed by atoms with Gasteiger partial charge in [0.2, 0.25) is 5.91 Å². The van der Waals surface area contributed by atoms with Crippen LogP contribution in [0.15, 0.2) is 43.0 Å². The summed E-state index contributed by atoms with van der Waals surface area (Å²) in [5.41, 5.74) is 0.847. The molecule has 1 aliphatic heterocycles. The Morgan fingerprint density at radius 3 is 2.67 bits per heavy atom. The number of carbonyl (C=O) groups is 2. The van der Waals surface area contributed by atoms with E-state index in [1.807, 2.05) is 19.9 Å². The third kappa shape index (κ3) is 5.38. The van der Waals surface area contributed by atoms with Crippen molar-refractivity contribution in [1.29, 1.82) is 0 Å². The van der Waals surface area contributed by atoms with Gasteiger partial charge < -0.3 is 10.1 Å². The summed E-state index contributed by atoms with van der Waals surface area (Å²) in [7, 11) is 0. The lowest BCUT2D eigenvalue weighted by Crippen LogP contribution is -2.29. The molecule has 2 amide bonds. The number of carbonyl (C=O) groups excluding carboxylic acids is 2. The maximum Gasteiger partial charge on any atom is 0.387 e. The van der Waals surface area contributed by atoms with E-state index < -0.39 is 29.6 Å². The van der Waals surface area contributed by atoms with Gasteiger partial charge >= 0.3 is 6.61 Å². The van der Waals surface area contributed by atoms with Gasteiger partial charge in [0.25, 0.3) is 5.91 Å². The van der Waals surface area contributed by atoms with E-state index >= 15 is 0 Å². The van der Waals surface area contributed by atoms with Gasteiger partial charge in [-0.15, -0.1) is 5.10 Å². The molecule has 43 heavy (non-hydrogen) atoms. The molecule has 0 spiro atoms. The molecule has 0 radical (unpaired) electrons. The van der Waals surface area contributed by atoms with Gasteiger partial charge in [-0.3, -0.25) is 24.2 Å². The number of fused-ring (bicyclic) bond motifs is 1. The minimum absolute atomic E-state index is 0.0981. The van der Waals surface area contributed by atoms with Crippen LogP contribution in [0.5, 0.6) is 5.75 Å². The molecule has 11 nitrogen and oxygen atoms in total. The molecule has 3 atom stereocenters. The molecule has 222 valence electrons. The minimum atomic E-state index is -3.23. The topological polar surface area (TPSA) is 128 Å². The van der Waals surface area contributed by atoms with Gasteiger partial charge in [0.05, 0.1) is 52.3 Å². The van der Waals surface area contributed by atoms with Crippen molar-refractivity contribution in [2.45, 2.75) is 39.3 Å². The Hall–Kier alpha value is -4.59. The number of aryl methyl sites for hydroxylation is 1. The Kier molecular flexibility index (Phi) is 7.46. The van der Waals surface area contributed by atoms with E-state index in [0.29, 0.717) is 29.7 Å². The van der Waals surface area contributed by atoms with Crippen molar-refractivity contribution in [3.8, 4) is 17.0 Å². The van der Waals surface area contributed by atoms with Crippen LogP contribution >= 0.6 is 11.6 Å². The zero-order valence-corrected chi connectivity index (χ0v) is 23.6. The van der Waals surface area contributed by atoms with Crippen LogP contribution < -0.4 is 15.0 Å². The number of amides is 2. The molecule has 1 unspecified atom stereocenters. The van der Waals surface area contributed by atoms with E-state index in [1.165, 1.54) is 6.20 Å². The van der Waals surface area contributed by atoms with E-state index in [4.69, 9.17) is 11.6 Å². The zero-order chi connectivity index (χ0) is 30.4. The van der Waals surface area contributed by atoms with Gasteiger partial charge in [-0.1, -0.05) is 11.6 Å². The van der Waals surface area contributed by atoms with Crippen molar-refractivity contribution >= 4 is 34.9 Å². The average molecular weight is 613 g/mol. The number of aromatic nitrogens is 6. The number of benzene rings is 1. The number of hydrogen-bond donors (Lipinski definition) is 1. The van der Waals surface area contributed by atoms with Crippen molar-refractivity contribution < 1.29 is 27.5 Å². The maximum absolute atomic E-state index is 14.8. The van der Waals surface area contributed by atoms with Crippen LogP contribution in [0.4, 0.5) is 24.7 Å². The summed E-state index contributed by atoms with van der Waals surface area (Å²) >= 11 is 5.84. The predicted molar refractivity (Wildman–Crippen MR) is 148 cm³/mol. The fourth-order valence-electron chi connectivity index (χ4n) is 5.31. The molecule has 4 heterocycles.